The first-order valence-electron chi connectivity index (χ1n) is 5.26. The lowest BCUT2D eigenvalue weighted by atomic mass is 9.86. The molecule has 5 nitrogen and oxygen atoms in total. The van der Waals surface area contributed by atoms with Crippen LogP contribution in [0.3, 0.4) is 0 Å². The van der Waals surface area contributed by atoms with Crippen LogP contribution < -0.4 is 5.73 Å². The van der Waals surface area contributed by atoms with E-state index in [0.29, 0.717) is 13.0 Å². The van der Waals surface area contributed by atoms with Crippen molar-refractivity contribution >= 4 is 5.91 Å². The van der Waals surface area contributed by atoms with Crippen LogP contribution in [0.5, 0.6) is 0 Å². The number of rotatable bonds is 2. The number of amides is 1. The van der Waals surface area contributed by atoms with Crippen molar-refractivity contribution in [2.45, 2.75) is 45.8 Å². The second-order valence-electron chi connectivity index (χ2n) is 5.10. The molecule has 86 valence electrons. The maximum Gasteiger partial charge on any atom is 0.241 e. The van der Waals surface area contributed by atoms with Crippen LogP contribution in [0.25, 0.3) is 0 Å². The Hall–Kier alpha value is -0.970. The lowest BCUT2D eigenvalue weighted by Crippen LogP contribution is -2.51. The molecule has 0 aromatic heterocycles. The molecule has 1 heterocycles. The first-order valence-corrected chi connectivity index (χ1v) is 5.26. The van der Waals surface area contributed by atoms with Gasteiger partial charge in [-0.3, -0.25) is 4.79 Å². The van der Waals surface area contributed by atoms with Crippen molar-refractivity contribution in [2.24, 2.45) is 16.3 Å². The second kappa shape index (κ2) is 4.26. The number of hydrogen-bond acceptors (Lipinski definition) is 4. The molecule has 15 heavy (non-hydrogen) atoms. The smallest absolute Gasteiger partial charge is 0.241 e. The van der Waals surface area contributed by atoms with E-state index in [4.69, 9.17) is 5.73 Å². The summed E-state index contributed by atoms with van der Waals surface area (Å²) in [5.74, 6) is -0.162. The van der Waals surface area contributed by atoms with Gasteiger partial charge in [0.05, 0.1) is 6.04 Å². The molecule has 0 aromatic carbocycles. The molecule has 2 unspecified atom stereocenters. The summed E-state index contributed by atoms with van der Waals surface area (Å²) in [7, 11) is 0. The molecule has 1 saturated heterocycles. The highest BCUT2D eigenvalue weighted by molar-refractivity contribution is 5.83. The van der Waals surface area contributed by atoms with Gasteiger partial charge in [0.25, 0.3) is 0 Å². The minimum atomic E-state index is -0.570. The molecule has 1 amide bonds. The monoisotopic (exact) mass is 213 g/mol. The van der Waals surface area contributed by atoms with Crippen LogP contribution in [0, 0.1) is 10.3 Å². The molecule has 1 fully saturated rings. The summed E-state index contributed by atoms with van der Waals surface area (Å²) in [4.78, 5) is 24.0. The fraction of sp³-hybridized carbons (Fsp3) is 0.900. The fourth-order valence-corrected chi connectivity index (χ4v) is 1.66. The third-order valence-electron chi connectivity index (χ3n) is 2.82. The van der Waals surface area contributed by atoms with Crippen molar-refractivity contribution in [3.05, 3.63) is 4.91 Å². The van der Waals surface area contributed by atoms with E-state index in [1.54, 1.807) is 0 Å². The average Bonchev–Trinajstić information content (AvgIpc) is 2.61. The lowest BCUT2D eigenvalue weighted by Gasteiger charge is -2.30. The standard InChI is InChI=1S/C10H19N3O2/c1-10(2,3)8(11)9(14)13-6-4-5-7(13)12-15/h7-8H,4-6,11H2,1-3H3. The highest BCUT2D eigenvalue weighted by atomic mass is 16.3. The van der Waals surface area contributed by atoms with Crippen LogP contribution in [-0.2, 0) is 4.79 Å². The molecule has 0 radical (unpaired) electrons. The highest BCUT2D eigenvalue weighted by Gasteiger charge is 2.36. The Morgan fingerprint density at radius 2 is 2.13 bits per heavy atom. The van der Waals surface area contributed by atoms with E-state index >= 15 is 0 Å². The lowest BCUT2D eigenvalue weighted by molar-refractivity contribution is -0.135. The van der Waals surface area contributed by atoms with Gasteiger partial charge < -0.3 is 10.6 Å². The summed E-state index contributed by atoms with van der Waals surface area (Å²) in [6, 6.07) is -0.570. The predicted octanol–water partition coefficient (Wildman–Crippen LogP) is 1.07. The highest BCUT2D eigenvalue weighted by Crippen LogP contribution is 2.24. The molecule has 0 bridgehead atoms. The van der Waals surface area contributed by atoms with Gasteiger partial charge in [-0.05, 0) is 23.4 Å². The maximum atomic E-state index is 12.0. The minimum Gasteiger partial charge on any atom is -0.319 e. The molecule has 0 saturated carbocycles. The minimum absolute atomic E-state index is 0.162. The van der Waals surface area contributed by atoms with Gasteiger partial charge in [-0.15, -0.1) is 4.91 Å². The molecule has 1 aliphatic heterocycles. The normalized spacial score (nSPS) is 24.0. The van der Waals surface area contributed by atoms with Gasteiger partial charge in [-0.2, -0.15) is 0 Å². The van der Waals surface area contributed by atoms with E-state index in [0.717, 1.165) is 6.42 Å². The zero-order valence-electron chi connectivity index (χ0n) is 9.56. The zero-order valence-corrected chi connectivity index (χ0v) is 9.56. The van der Waals surface area contributed by atoms with E-state index in [2.05, 4.69) is 5.18 Å². The molecule has 2 N–H and O–H groups in total. The Balaban J connectivity index is 2.72. The van der Waals surface area contributed by atoms with Crippen LogP contribution in [0.2, 0.25) is 0 Å². The van der Waals surface area contributed by atoms with Gasteiger partial charge in [-0.25, -0.2) is 0 Å². The molecular weight excluding hydrogens is 194 g/mol. The first-order chi connectivity index (χ1) is 6.88. The second-order valence-corrected chi connectivity index (χ2v) is 5.10. The average molecular weight is 213 g/mol. The molecule has 0 spiro atoms. The fourth-order valence-electron chi connectivity index (χ4n) is 1.66. The number of carbonyl (C=O) groups excluding carboxylic acids is 1. The summed E-state index contributed by atoms with van der Waals surface area (Å²) < 4.78 is 0. The van der Waals surface area contributed by atoms with Crippen molar-refractivity contribution in [3.8, 4) is 0 Å². The van der Waals surface area contributed by atoms with Crippen molar-refractivity contribution < 1.29 is 4.79 Å². The maximum absolute atomic E-state index is 12.0. The summed E-state index contributed by atoms with van der Waals surface area (Å²) in [5, 5.41) is 2.95. The summed E-state index contributed by atoms with van der Waals surface area (Å²) >= 11 is 0. The number of nitrogens with two attached hydrogens (primary N) is 1. The van der Waals surface area contributed by atoms with E-state index in [-0.39, 0.29) is 11.3 Å². The van der Waals surface area contributed by atoms with E-state index in [9.17, 15) is 9.70 Å². The molecule has 2 atom stereocenters. The van der Waals surface area contributed by atoms with Crippen molar-refractivity contribution in [1.29, 1.82) is 0 Å². The van der Waals surface area contributed by atoms with Gasteiger partial charge >= 0.3 is 0 Å². The third-order valence-corrected chi connectivity index (χ3v) is 2.82. The molecular formula is C10H19N3O2. The summed E-state index contributed by atoms with van der Waals surface area (Å²) in [6.45, 7) is 6.33. The number of likely N-dealkylation sites (tertiary alicyclic amines) is 1. The molecule has 1 rings (SSSR count). The van der Waals surface area contributed by atoms with Crippen LogP contribution in [-0.4, -0.2) is 29.6 Å². The van der Waals surface area contributed by atoms with Crippen molar-refractivity contribution in [1.82, 2.24) is 4.90 Å². The van der Waals surface area contributed by atoms with E-state index in [1.807, 2.05) is 20.8 Å². The van der Waals surface area contributed by atoms with E-state index < -0.39 is 12.2 Å². The van der Waals surface area contributed by atoms with Crippen molar-refractivity contribution in [3.63, 3.8) is 0 Å². The van der Waals surface area contributed by atoms with Crippen LogP contribution in [0.1, 0.15) is 33.6 Å². The number of carbonyl (C=O) groups is 1. The molecule has 5 heteroatoms. The quantitative estimate of drug-likeness (QED) is 0.697. The number of nitroso groups, excluding NO2 is 1. The van der Waals surface area contributed by atoms with Gasteiger partial charge in [0.1, 0.15) is 0 Å². The molecule has 0 aromatic rings. The van der Waals surface area contributed by atoms with Crippen LogP contribution in [0.15, 0.2) is 5.18 Å². The SMILES string of the molecule is CC(C)(C)C(N)C(=O)N1CCCC1N=O. The number of hydrogen-bond donors (Lipinski definition) is 1. The third kappa shape index (κ3) is 2.53. The zero-order chi connectivity index (χ0) is 11.6. The van der Waals surface area contributed by atoms with Crippen LogP contribution in [0.4, 0.5) is 0 Å². The summed E-state index contributed by atoms with van der Waals surface area (Å²) in [6.07, 6.45) is 0.983. The molecule has 1 aliphatic rings. The van der Waals surface area contributed by atoms with Gasteiger partial charge in [0.15, 0.2) is 6.17 Å². The largest absolute Gasteiger partial charge is 0.319 e. The van der Waals surface area contributed by atoms with Crippen molar-refractivity contribution in [2.75, 3.05) is 6.54 Å². The first kappa shape index (κ1) is 12.1. The van der Waals surface area contributed by atoms with Gasteiger partial charge in [-0.1, -0.05) is 20.8 Å². The Morgan fingerprint density at radius 1 is 1.53 bits per heavy atom. The van der Waals surface area contributed by atoms with E-state index in [1.165, 1.54) is 4.90 Å². The Labute approximate surface area is 90.0 Å². The van der Waals surface area contributed by atoms with Gasteiger partial charge in [0, 0.05) is 6.54 Å². The molecule has 0 aliphatic carbocycles. The van der Waals surface area contributed by atoms with Crippen LogP contribution >= 0.6 is 0 Å². The predicted molar refractivity (Wildman–Crippen MR) is 58.0 cm³/mol. The van der Waals surface area contributed by atoms with Gasteiger partial charge in [0.2, 0.25) is 5.91 Å². The summed E-state index contributed by atoms with van der Waals surface area (Å²) in [5.41, 5.74) is 5.57. The Kier molecular flexibility index (Phi) is 3.44. The Bertz CT molecular complexity index is 260. The topological polar surface area (TPSA) is 75.8 Å². The number of nitrogens with zero attached hydrogens (tertiary/aromatic N) is 2. The Morgan fingerprint density at radius 3 is 2.60 bits per heavy atom.